The number of β-amino-alcohol motifs (C(OH)–C–C–N with tert-alkyl or cyclic N) is 1. The van der Waals surface area contributed by atoms with Crippen LogP contribution in [0.1, 0.15) is 56.2 Å². The van der Waals surface area contributed by atoms with E-state index in [0.29, 0.717) is 41.1 Å². The van der Waals surface area contributed by atoms with Gasteiger partial charge in [0.25, 0.3) is 0 Å². The lowest BCUT2D eigenvalue weighted by Gasteiger charge is -2.30. The van der Waals surface area contributed by atoms with Crippen LogP contribution in [-0.4, -0.2) is 58.2 Å². The molecule has 2 aromatic carbocycles. The molecule has 7 nitrogen and oxygen atoms in total. The molecule has 0 heterocycles. The molecule has 0 saturated heterocycles. The van der Waals surface area contributed by atoms with Gasteiger partial charge in [-0.05, 0) is 81.0 Å². The SMILES string of the molecule is CC(C)(CC1Cc2ccccc2C1)NC[C@@H](O)COc1ccc(CCCCC(=O)O)c(Cl)c1Cl.O=C(O)C(F)(F)F. The van der Waals surface area contributed by atoms with Gasteiger partial charge in [0, 0.05) is 18.5 Å². The van der Waals surface area contributed by atoms with E-state index >= 15 is 0 Å². The highest BCUT2D eigenvalue weighted by molar-refractivity contribution is 6.43. The molecular weight excluding hydrogens is 586 g/mol. The maximum Gasteiger partial charge on any atom is 0.490 e. The van der Waals surface area contributed by atoms with Gasteiger partial charge in [-0.25, -0.2) is 4.79 Å². The molecule has 3 rings (SSSR count). The van der Waals surface area contributed by atoms with Crippen molar-refractivity contribution in [2.45, 2.75) is 76.6 Å². The first-order valence-electron chi connectivity index (χ1n) is 13.2. The lowest BCUT2D eigenvalue weighted by atomic mass is 9.88. The van der Waals surface area contributed by atoms with Gasteiger partial charge in [-0.1, -0.05) is 53.5 Å². The molecule has 1 aliphatic rings. The Morgan fingerprint density at radius 1 is 1.02 bits per heavy atom. The second-order valence-electron chi connectivity index (χ2n) is 10.7. The summed E-state index contributed by atoms with van der Waals surface area (Å²) in [4.78, 5) is 19.5. The summed E-state index contributed by atoms with van der Waals surface area (Å²) in [6.45, 7) is 4.87. The number of hydrogen-bond acceptors (Lipinski definition) is 5. The molecule has 0 unspecified atom stereocenters. The van der Waals surface area contributed by atoms with Crippen LogP contribution in [0.25, 0.3) is 0 Å². The van der Waals surface area contributed by atoms with E-state index in [1.54, 1.807) is 6.07 Å². The van der Waals surface area contributed by atoms with Crippen LogP contribution in [0.3, 0.4) is 0 Å². The Labute approximate surface area is 247 Å². The van der Waals surface area contributed by atoms with E-state index in [9.17, 15) is 23.1 Å². The fraction of sp³-hybridized carbons (Fsp3) is 0.517. The van der Waals surface area contributed by atoms with Gasteiger partial charge in [0.15, 0.2) is 0 Å². The first kappa shape index (κ1) is 34.7. The van der Waals surface area contributed by atoms with Crippen LogP contribution in [0.15, 0.2) is 36.4 Å². The van der Waals surface area contributed by atoms with Crippen molar-refractivity contribution >= 4 is 35.1 Å². The van der Waals surface area contributed by atoms with E-state index in [1.165, 1.54) is 11.1 Å². The van der Waals surface area contributed by atoms with Crippen LogP contribution >= 0.6 is 23.2 Å². The molecule has 12 heteroatoms. The summed E-state index contributed by atoms with van der Waals surface area (Å²) in [5.74, 6) is -2.51. The summed E-state index contributed by atoms with van der Waals surface area (Å²) in [6.07, 6.45) is -0.414. The van der Waals surface area contributed by atoms with Crippen molar-refractivity contribution in [3.8, 4) is 5.75 Å². The maximum absolute atomic E-state index is 10.6. The molecule has 0 saturated carbocycles. The number of aliphatic hydroxyl groups is 1. The molecule has 0 bridgehead atoms. The van der Waals surface area contributed by atoms with Gasteiger partial charge in [0.05, 0.1) is 5.02 Å². The fourth-order valence-corrected chi connectivity index (χ4v) is 5.18. The first-order chi connectivity index (χ1) is 19.1. The highest BCUT2D eigenvalue weighted by atomic mass is 35.5. The van der Waals surface area contributed by atoms with Gasteiger partial charge < -0.3 is 25.4 Å². The summed E-state index contributed by atoms with van der Waals surface area (Å²) < 4.78 is 37.5. The van der Waals surface area contributed by atoms with E-state index in [1.807, 2.05) is 6.07 Å². The van der Waals surface area contributed by atoms with Crippen molar-refractivity contribution in [2.75, 3.05) is 13.2 Å². The summed E-state index contributed by atoms with van der Waals surface area (Å²) in [5.41, 5.74) is 3.68. The number of fused-ring (bicyclic) bond motifs is 1. The monoisotopic (exact) mass is 621 g/mol. The Kier molecular flexibility index (Phi) is 13.2. The van der Waals surface area contributed by atoms with E-state index in [4.69, 9.17) is 42.9 Å². The summed E-state index contributed by atoms with van der Waals surface area (Å²) in [7, 11) is 0. The number of halogens is 5. The third-order valence-electron chi connectivity index (χ3n) is 6.64. The Morgan fingerprint density at radius 3 is 2.15 bits per heavy atom. The fourth-order valence-electron chi connectivity index (χ4n) is 4.70. The molecule has 1 aliphatic carbocycles. The van der Waals surface area contributed by atoms with Crippen molar-refractivity contribution in [3.05, 3.63) is 63.1 Å². The van der Waals surface area contributed by atoms with Crippen molar-refractivity contribution in [3.63, 3.8) is 0 Å². The zero-order valence-electron chi connectivity index (χ0n) is 22.9. The zero-order chi connectivity index (χ0) is 30.8. The third kappa shape index (κ3) is 12.1. The number of nitrogens with one attached hydrogen (secondary N) is 1. The van der Waals surface area contributed by atoms with Crippen LogP contribution in [0.2, 0.25) is 10.0 Å². The minimum Gasteiger partial charge on any atom is -0.489 e. The highest BCUT2D eigenvalue weighted by Gasteiger charge is 2.38. The van der Waals surface area contributed by atoms with Crippen molar-refractivity contribution in [2.24, 2.45) is 5.92 Å². The Bertz CT molecular complexity index is 1150. The molecule has 2 aromatic rings. The lowest BCUT2D eigenvalue weighted by Crippen LogP contribution is -2.46. The van der Waals surface area contributed by atoms with Gasteiger partial charge in [-0.15, -0.1) is 0 Å². The van der Waals surface area contributed by atoms with Gasteiger partial charge in [-0.3, -0.25) is 4.79 Å². The number of carboxylic acid groups (broad SMARTS) is 2. The van der Waals surface area contributed by atoms with Gasteiger partial charge in [0.2, 0.25) is 0 Å². The largest absolute Gasteiger partial charge is 0.490 e. The molecule has 0 radical (unpaired) electrons. The number of ether oxygens (including phenoxy) is 1. The number of hydrogen-bond donors (Lipinski definition) is 4. The molecule has 41 heavy (non-hydrogen) atoms. The maximum atomic E-state index is 10.6. The molecular formula is C29H36Cl2F3NO6. The number of carbonyl (C=O) groups is 2. The van der Waals surface area contributed by atoms with Crippen LogP contribution in [0, 0.1) is 5.92 Å². The molecule has 0 fully saturated rings. The second kappa shape index (κ2) is 15.6. The average molecular weight is 623 g/mol. The molecule has 0 aliphatic heterocycles. The van der Waals surface area contributed by atoms with Crippen LogP contribution < -0.4 is 10.1 Å². The number of unbranched alkanes of at least 4 members (excludes halogenated alkanes) is 1. The third-order valence-corrected chi connectivity index (χ3v) is 7.54. The van der Waals surface area contributed by atoms with Gasteiger partial charge in [-0.2, -0.15) is 13.2 Å². The average Bonchev–Trinajstić information content (AvgIpc) is 3.28. The number of aliphatic carboxylic acids is 2. The predicted octanol–water partition coefficient (Wildman–Crippen LogP) is 6.34. The summed E-state index contributed by atoms with van der Waals surface area (Å²) in [5, 5.41) is 30.6. The number of benzene rings is 2. The lowest BCUT2D eigenvalue weighted by molar-refractivity contribution is -0.192. The van der Waals surface area contributed by atoms with Gasteiger partial charge in [0.1, 0.15) is 23.5 Å². The normalized spacial score (nSPS) is 14.1. The molecule has 0 aromatic heterocycles. The van der Waals surface area contributed by atoms with Crippen LogP contribution in [-0.2, 0) is 28.9 Å². The summed E-state index contributed by atoms with van der Waals surface area (Å²) in [6, 6.07) is 12.3. The van der Waals surface area contributed by atoms with Crippen molar-refractivity contribution < 1.29 is 42.8 Å². The number of aliphatic hydroxyl groups excluding tert-OH is 1. The van der Waals surface area contributed by atoms with E-state index < -0.39 is 24.2 Å². The molecule has 4 N–H and O–H groups in total. The van der Waals surface area contributed by atoms with Crippen molar-refractivity contribution in [1.29, 1.82) is 0 Å². The minimum absolute atomic E-state index is 0.100. The first-order valence-corrected chi connectivity index (χ1v) is 14.0. The summed E-state index contributed by atoms with van der Waals surface area (Å²) >= 11 is 12.8. The minimum atomic E-state index is -5.08. The molecule has 228 valence electrons. The predicted molar refractivity (Wildman–Crippen MR) is 151 cm³/mol. The Hall–Kier alpha value is -2.53. The quantitative estimate of drug-likeness (QED) is 0.193. The smallest absolute Gasteiger partial charge is 0.489 e. The molecule has 1 atom stereocenters. The van der Waals surface area contributed by atoms with Gasteiger partial charge >= 0.3 is 18.1 Å². The second-order valence-corrected chi connectivity index (χ2v) is 11.5. The van der Waals surface area contributed by atoms with E-state index in [0.717, 1.165) is 31.2 Å². The standard InChI is InChI=1S/C27H35Cl2NO4.C2HF3O2/c1-27(2,15-18-13-20-8-3-4-9-21(20)14-18)30-16-22(31)17-34-23-12-11-19(25(28)26(23)29)7-5-6-10-24(32)33;3-2(4,5)1(6)7/h3-4,8-9,11-12,18,22,30-31H,5-7,10,13-17H2,1-2H3,(H,32,33);(H,6,7)/t22-;/m1./s1. The Balaban J connectivity index is 0.000000745. The van der Waals surface area contributed by atoms with E-state index in [2.05, 4.69) is 43.4 Å². The van der Waals surface area contributed by atoms with Crippen LogP contribution in [0.5, 0.6) is 5.75 Å². The molecule has 0 spiro atoms. The number of aryl methyl sites for hydroxylation is 1. The van der Waals surface area contributed by atoms with Crippen molar-refractivity contribution in [1.82, 2.24) is 5.32 Å². The number of carboxylic acids is 2. The Morgan fingerprint density at radius 2 is 1.61 bits per heavy atom. The molecule has 0 amide bonds. The zero-order valence-corrected chi connectivity index (χ0v) is 24.5. The van der Waals surface area contributed by atoms with E-state index in [-0.39, 0.29) is 18.6 Å². The van der Waals surface area contributed by atoms with Crippen LogP contribution in [0.4, 0.5) is 13.2 Å². The highest BCUT2D eigenvalue weighted by Crippen LogP contribution is 2.36. The number of rotatable bonds is 13. The topological polar surface area (TPSA) is 116 Å². The number of alkyl halides is 3.